The van der Waals surface area contributed by atoms with Crippen LogP contribution in [0.3, 0.4) is 0 Å². The fourth-order valence-corrected chi connectivity index (χ4v) is 3.72. The molecule has 0 aromatic carbocycles. The second-order valence-corrected chi connectivity index (χ2v) is 6.70. The van der Waals surface area contributed by atoms with Crippen molar-refractivity contribution in [3.05, 3.63) is 65.5 Å². The number of fused-ring (bicyclic) bond motifs is 2. The van der Waals surface area contributed by atoms with Crippen molar-refractivity contribution in [2.45, 2.75) is 19.4 Å². The molecular weight excluding hydrogens is 344 g/mol. The van der Waals surface area contributed by atoms with Crippen molar-refractivity contribution < 1.29 is 4.79 Å². The number of aromatic amines is 1. The van der Waals surface area contributed by atoms with Crippen LogP contribution in [-0.4, -0.2) is 51.7 Å². The van der Waals surface area contributed by atoms with E-state index < -0.39 is 0 Å². The van der Waals surface area contributed by atoms with Gasteiger partial charge in [0.05, 0.1) is 23.2 Å². The molecule has 4 aromatic heterocycles. The molecule has 0 spiro atoms. The molecule has 5 rings (SSSR count). The van der Waals surface area contributed by atoms with Gasteiger partial charge in [-0.15, -0.1) is 0 Å². The van der Waals surface area contributed by atoms with Crippen molar-refractivity contribution in [3.63, 3.8) is 0 Å². The van der Waals surface area contributed by atoms with Crippen molar-refractivity contribution in [2.75, 3.05) is 6.54 Å². The maximum atomic E-state index is 13.2. The number of rotatable bonds is 2. The van der Waals surface area contributed by atoms with Crippen molar-refractivity contribution in [1.82, 2.24) is 39.2 Å². The Hall–Kier alpha value is -3.49. The molecule has 0 saturated carbocycles. The molecule has 27 heavy (non-hydrogen) atoms. The van der Waals surface area contributed by atoms with Gasteiger partial charge in [0.15, 0.2) is 0 Å². The highest BCUT2D eigenvalue weighted by molar-refractivity contribution is 5.91. The molecule has 4 aromatic rings. The number of nitrogens with one attached hydrogen (secondary N) is 1. The average molecular weight is 362 g/mol. The zero-order valence-electron chi connectivity index (χ0n) is 15.0. The second kappa shape index (κ2) is 5.76. The molecule has 9 nitrogen and oxygen atoms in total. The number of carbonyl (C=O) groups is 1. The van der Waals surface area contributed by atoms with Crippen LogP contribution in [0.5, 0.6) is 0 Å². The summed E-state index contributed by atoms with van der Waals surface area (Å²) in [5, 5.41) is 8.80. The molecule has 136 valence electrons. The largest absolute Gasteiger partial charge is 0.348 e. The van der Waals surface area contributed by atoms with Crippen LogP contribution in [0.4, 0.5) is 0 Å². The summed E-state index contributed by atoms with van der Waals surface area (Å²) in [5.74, 6) is 0.126. The maximum Gasteiger partial charge on any atom is 0.292 e. The Morgan fingerprint density at radius 3 is 2.96 bits per heavy atom. The number of aryl methyl sites for hydroxylation is 2. The lowest BCUT2D eigenvalue weighted by atomic mass is 9.99. The smallest absolute Gasteiger partial charge is 0.292 e. The third kappa shape index (κ3) is 2.35. The first-order valence-corrected chi connectivity index (χ1v) is 8.76. The van der Waals surface area contributed by atoms with Crippen LogP contribution in [0, 0.1) is 6.92 Å². The van der Waals surface area contributed by atoms with Gasteiger partial charge < -0.3 is 9.88 Å². The first kappa shape index (κ1) is 15.7. The quantitative estimate of drug-likeness (QED) is 0.579. The lowest BCUT2D eigenvalue weighted by Crippen LogP contribution is -2.42. The second-order valence-electron chi connectivity index (χ2n) is 6.70. The molecule has 0 aliphatic carbocycles. The Morgan fingerprint density at radius 1 is 1.30 bits per heavy atom. The van der Waals surface area contributed by atoms with E-state index in [-0.39, 0.29) is 11.9 Å². The molecule has 1 unspecified atom stereocenters. The van der Waals surface area contributed by atoms with Gasteiger partial charge in [0, 0.05) is 31.4 Å². The van der Waals surface area contributed by atoms with E-state index in [2.05, 4.69) is 20.1 Å². The Morgan fingerprint density at radius 2 is 2.19 bits per heavy atom. The third-order valence-electron chi connectivity index (χ3n) is 5.06. The summed E-state index contributed by atoms with van der Waals surface area (Å²) in [6, 6.07) is 7.65. The number of hydrogen-bond acceptors (Lipinski definition) is 5. The van der Waals surface area contributed by atoms with E-state index in [1.807, 2.05) is 35.7 Å². The summed E-state index contributed by atoms with van der Waals surface area (Å²) in [6.45, 7) is 2.56. The van der Waals surface area contributed by atoms with Gasteiger partial charge in [-0.1, -0.05) is 6.07 Å². The zero-order chi connectivity index (χ0) is 18.5. The summed E-state index contributed by atoms with van der Waals surface area (Å²) in [5.41, 5.74) is 4.67. The van der Waals surface area contributed by atoms with Crippen LogP contribution < -0.4 is 0 Å². The minimum absolute atomic E-state index is 0.178. The van der Waals surface area contributed by atoms with Gasteiger partial charge >= 0.3 is 0 Å². The van der Waals surface area contributed by atoms with Crippen LogP contribution in [-0.2, 0) is 13.5 Å². The van der Waals surface area contributed by atoms with E-state index in [9.17, 15) is 4.79 Å². The SMILES string of the molecule is Cc1cccc2cc(C3c4nc[nH]c4CCN3C(=O)c3ncnn3C)nn12. The lowest BCUT2D eigenvalue weighted by molar-refractivity contribution is 0.0669. The number of H-pyrrole nitrogens is 1. The monoisotopic (exact) mass is 362 g/mol. The van der Waals surface area contributed by atoms with Gasteiger partial charge in [-0.3, -0.25) is 4.79 Å². The summed E-state index contributed by atoms with van der Waals surface area (Å²) in [6.07, 6.45) is 3.78. The molecule has 1 N–H and O–H groups in total. The molecular formula is C18H18N8O. The fourth-order valence-electron chi connectivity index (χ4n) is 3.72. The van der Waals surface area contributed by atoms with E-state index in [0.717, 1.165) is 28.3 Å². The normalized spacial score (nSPS) is 16.7. The van der Waals surface area contributed by atoms with E-state index in [4.69, 9.17) is 5.10 Å². The molecule has 1 aliphatic heterocycles. The number of nitrogens with zero attached hydrogens (tertiary/aromatic N) is 7. The minimum atomic E-state index is -0.372. The lowest BCUT2D eigenvalue weighted by Gasteiger charge is -2.33. The van der Waals surface area contributed by atoms with Crippen LogP contribution >= 0.6 is 0 Å². The van der Waals surface area contributed by atoms with Crippen LogP contribution in [0.1, 0.15) is 39.4 Å². The number of aromatic nitrogens is 7. The minimum Gasteiger partial charge on any atom is -0.348 e. The van der Waals surface area contributed by atoms with Crippen LogP contribution in [0.2, 0.25) is 0 Å². The Kier molecular flexibility index (Phi) is 3.36. The number of amides is 1. The number of carbonyl (C=O) groups excluding carboxylic acids is 1. The standard InChI is InChI=1S/C18H18N8O/c1-11-4-3-5-12-8-14(23-26(11)12)16-15-13(19-9-20-15)6-7-25(16)18(27)17-21-10-22-24(17)2/h3-5,8-10,16H,6-7H2,1-2H3,(H,19,20). The van der Waals surface area contributed by atoms with Crippen molar-refractivity contribution >= 4 is 11.4 Å². The molecule has 1 aliphatic rings. The first-order chi connectivity index (χ1) is 13.1. The molecule has 0 bridgehead atoms. The molecule has 5 heterocycles. The highest BCUT2D eigenvalue weighted by Gasteiger charge is 2.37. The van der Waals surface area contributed by atoms with E-state index in [1.54, 1.807) is 18.3 Å². The van der Waals surface area contributed by atoms with Gasteiger partial charge in [0.2, 0.25) is 5.82 Å². The molecule has 0 saturated heterocycles. The summed E-state index contributed by atoms with van der Waals surface area (Å²) < 4.78 is 3.38. The van der Waals surface area contributed by atoms with E-state index in [1.165, 1.54) is 11.0 Å². The van der Waals surface area contributed by atoms with E-state index >= 15 is 0 Å². The first-order valence-electron chi connectivity index (χ1n) is 8.76. The van der Waals surface area contributed by atoms with Gasteiger partial charge in [-0.25, -0.2) is 19.2 Å². The van der Waals surface area contributed by atoms with Crippen molar-refractivity contribution in [2.24, 2.45) is 7.05 Å². The summed E-state index contributed by atoms with van der Waals surface area (Å²) in [7, 11) is 1.72. The molecule has 0 fully saturated rings. The highest BCUT2D eigenvalue weighted by atomic mass is 16.2. The zero-order valence-corrected chi connectivity index (χ0v) is 15.0. The topological polar surface area (TPSA) is 97.0 Å². The highest BCUT2D eigenvalue weighted by Crippen LogP contribution is 2.34. The van der Waals surface area contributed by atoms with Gasteiger partial charge in [0.1, 0.15) is 12.4 Å². The third-order valence-corrected chi connectivity index (χ3v) is 5.06. The fraction of sp³-hybridized carbons (Fsp3) is 0.278. The predicted octanol–water partition coefficient (Wildman–Crippen LogP) is 1.28. The maximum absolute atomic E-state index is 13.2. The Labute approximate surface area is 154 Å². The van der Waals surface area contributed by atoms with Crippen LogP contribution in [0.25, 0.3) is 5.52 Å². The number of imidazole rings is 1. The average Bonchev–Trinajstić information content (AvgIpc) is 3.39. The van der Waals surface area contributed by atoms with Gasteiger partial charge in [0.25, 0.3) is 5.91 Å². The molecule has 1 amide bonds. The van der Waals surface area contributed by atoms with Crippen molar-refractivity contribution in [3.8, 4) is 0 Å². The van der Waals surface area contributed by atoms with E-state index in [0.29, 0.717) is 18.8 Å². The molecule has 9 heteroatoms. The summed E-state index contributed by atoms with van der Waals surface area (Å²) >= 11 is 0. The number of pyridine rings is 1. The van der Waals surface area contributed by atoms with Gasteiger partial charge in [-0.05, 0) is 25.1 Å². The number of hydrogen-bond donors (Lipinski definition) is 1. The van der Waals surface area contributed by atoms with Crippen molar-refractivity contribution in [1.29, 1.82) is 0 Å². The molecule has 1 atom stereocenters. The Balaban J connectivity index is 1.66. The van der Waals surface area contributed by atoms with Gasteiger partial charge in [-0.2, -0.15) is 10.2 Å². The molecule has 0 radical (unpaired) electrons. The Bertz CT molecular complexity index is 1150. The predicted molar refractivity (Wildman–Crippen MR) is 96.1 cm³/mol. The van der Waals surface area contributed by atoms with Crippen LogP contribution in [0.15, 0.2) is 36.9 Å². The summed E-state index contributed by atoms with van der Waals surface area (Å²) in [4.78, 5) is 26.8.